The Morgan fingerprint density at radius 2 is 2.31 bits per heavy atom. The van der Waals surface area contributed by atoms with Crippen molar-refractivity contribution >= 4 is 5.96 Å². The van der Waals surface area contributed by atoms with Crippen LogP contribution in [0.15, 0.2) is 4.99 Å². The molecule has 0 bridgehead atoms. The summed E-state index contributed by atoms with van der Waals surface area (Å²) in [6.45, 7) is 8.99. The summed E-state index contributed by atoms with van der Waals surface area (Å²) in [5.74, 6) is 1.70. The number of aliphatic imine (C=N–C) groups is 1. The summed E-state index contributed by atoms with van der Waals surface area (Å²) in [4.78, 5) is 4.28. The number of nitrogens with two attached hydrogens (primary N) is 1. The smallest absolute Gasteiger partial charge is 0.188 e. The molecule has 0 amide bonds. The molecule has 0 aromatic heterocycles. The van der Waals surface area contributed by atoms with Gasteiger partial charge in [0.25, 0.3) is 0 Å². The molecule has 0 aromatic rings. The van der Waals surface area contributed by atoms with E-state index in [2.05, 4.69) is 31.1 Å². The van der Waals surface area contributed by atoms with E-state index in [-0.39, 0.29) is 0 Å². The van der Waals surface area contributed by atoms with E-state index in [0.29, 0.717) is 23.9 Å². The first kappa shape index (κ1) is 13.3. The molecule has 1 rings (SSSR count). The van der Waals surface area contributed by atoms with E-state index < -0.39 is 0 Å². The average Bonchev–Trinajstić information content (AvgIpc) is 2.70. The molecule has 2 unspecified atom stereocenters. The van der Waals surface area contributed by atoms with Crippen molar-refractivity contribution in [2.75, 3.05) is 19.7 Å². The monoisotopic (exact) mass is 227 g/mol. The molecule has 4 heteroatoms. The lowest BCUT2D eigenvalue weighted by Crippen LogP contribution is -2.37. The lowest BCUT2D eigenvalue weighted by Gasteiger charge is -2.17. The summed E-state index contributed by atoms with van der Waals surface area (Å²) in [5, 5.41) is 3.19. The topological polar surface area (TPSA) is 59.6 Å². The molecule has 3 N–H and O–H groups in total. The van der Waals surface area contributed by atoms with Crippen LogP contribution in [0.2, 0.25) is 0 Å². The summed E-state index contributed by atoms with van der Waals surface area (Å²) in [6.07, 6.45) is 2.60. The molecule has 1 heterocycles. The van der Waals surface area contributed by atoms with E-state index in [9.17, 15) is 0 Å². The van der Waals surface area contributed by atoms with Gasteiger partial charge in [-0.3, -0.25) is 4.99 Å². The molecule has 0 aliphatic carbocycles. The van der Waals surface area contributed by atoms with Gasteiger partial charge in [0.2, 0.25) is 0 Å². The van der Waals surface area contributed by atoms with Crippen LogP contribution in [0.25, 0.3) is 0 Å². The highest BCUT2D eigenvalue weighted by molar-refractivity contribution is 5.77. The maximum atomic E-state index is 5.79. The summed E-state index contributed by atoms with van der Waals surface area (Å²) >= 11 is 0. The van der Waals surface area contributed by atoms with E-state index in [1.807, 2.05) is 0 Å². The van der Waals surface area contributed by atoms with Crippen molar-refractivity contribution in [1.82, 2.24) is 5.32 Å². The predicted molar refractivity (Wildman–Crippen MR) is 67.5 cm³/mol. The zero-order chi connectivity index (χ0) is 12.0. The minimum absolute atomic E-state index is 0.394. The molecule has 0 saturated carbocycles. The molecule has 2 atom stereocenters. The molecule has 1 aliphatic rings. The van der Waals surface area contributed by atoms with Gasteiger partial charge in [0, 0.05) is 25.6 Å². The molecular formula is C12H25N3O. The molecule has 1 aliphatic heterocycles. The Labute approximate surface area is 98.6 Å². The van der Waals surface area contributed by atoms with Crippen molar-refractivity contribution in [2.45, 2.75) is 39.7 Å². The van der Waals surface area contributed by atoms with Crippen LogP contribution in [0.4, 0.5) is 0 Å². The number of nitrogens with zero attached hydrogens (tertiary/aromatic N) is 1. The Morgan fingerprint density at radius 1 is 1.56 bits per heavy atom. The summed E-state index contributed by atoms with van der Waals surface area (Å²) in [5.41, 5.74) is 5.79. The van der Waals surface area contributed by atoms with Crippen LogP contribution in [-0.4, -0.2) is 31.8 Å². The molecule has 16 heavy (non-hydrogen) atoms. The first-order valence-electron chi connectivity index (χ1n) is 6.28. The molecule has 1 fully saturated rings. The summed E-state index contributed by atoms with van der Waals surface area (Å²) < 4.78 is 5.62. The van der Waals surface area contributed by atoms with Crippen molar-refractivity contribution in [2.24, 2.45) is 22.6 Å². The van der Waals surface area contributed by atoms with Crippen LogP contribution in [0, 0.1) is 11.8 Å². The summed E-state index contributed by atoms with van der Waals surface area (Å²) in [6, 6.07) is 0. The Bertz CT molecular complexity index is 228. The number of hydrogen-bond acceptors (Lipinski definition) is 2. The number of hydrogen-bond donors (Lipinski definition) is 2. The van der Waals surface area contributed by atoms with Gasteiger partial charge in [-0.1, -0.05) is 20.8 Å². The van der Waals surface area contributed by atoms with Gasteiger partial charge in [0.1, 0.15) is 0 Å². The highest BCUT2D eigenvalue weighted by atomic mass is 16.5. The number of nitrogens with one attached hydrogen (secondary N) is 1. The molecule has 4 nitrogen and oxygen atoms in total. The van der Waals surface area contributed by atoms with E-state index in [1.165, 1.54) is 0 Å². The first-order chi connectivity index (χ1) is 7.63. The Kier molecular flexibility index (Phi) is 5.60. The third kappa shape index (κ3) is 4.39. The third-order valence-corrected chi connectivity index (χ3v) is 2.92. The number of rotatable bonds is 5. The van der Waals surface area contributed by atoms with Crippen LogP contribution < -0.4 is 11.1 Å². The fraction of sp³-hybridized carbons (Fsp3) is 0.917. The van der Waals surface area contributed by atoms with Gasteiger partial charge in [0.15, 0.2) is 5.96 Å². The fourth-order valence-corrected chi connectivity index (χ4v) is 1.95. The van der Waals surface area contributed by atoms with Gasteiger partial charge < -0.3 is 15.8 Å². The van der Waals surface area contributed by atoms with Gasteiger partial charge in [0.05, 0.1) is 6.10 Å². The Morgan fingerprint density at radius 3 is 2.94 bits per heavy atom. The largest absolute Gasteiger partial charge is 0.378 e. The predicted octanol–water partition coefficient (Wildman–Crippen LogP) is 1.36. The standard InChI is InChI=1S/C12H25N3O/c1-4-11-10(5-6-16-11)8-15-12(13)14-7-9(2)3/h9-11H,4-8H2,1-3H3,(H3,13,14,15). The zero-order valence-electron chi connectivity index (χ0n) is 10.7. The van der Waals surface area contributed by atoms with Crippen LogP contribution in [-0.2, 0) is 4.74 Å². The van der Waals surface area contributed by atoms with Crippen LogP contribution in [0.5, 0.6) is 0 Å². The van der Waals surface area contributed by atoms with Crippen molar-refractivity contribution in [1.29, 1.82) is 0 Å². The molecule has 0 aromatic carbocycles. The van der Waals surface area contributed by atoms with Gasteiger partial charge in [-0.15, -0.1) is 0 Å². The van der Waals surface area contributed by atoms with E-state index in [1.54, 1.807) is 0 Å². The number of guanidine groups is 1. The van der Waals surface area contributed by atoms with E-state index in [0.717, 1.165) is 32.5 Å². The van der Waals surface area contributed by atoms with Crippen molar-refractivity contribution < 1.29 is 4.74 Å². The highest BCUT2D eigenvalue weighted by Gasteiger charge is 2.26. The highest BCUT2D eigenvalue weighted by Crippen LogP contribution is 2.22. The van der Waals surface area contributed by atoms with Crippen molar-refractivity contribution in [3.8, 4) is 0 Å². The van der Waals surface area contributed by atoms with Gasteiger partial charge >= 0.3 is 0 Å². The van der Waals surface area contributed by atoms with Gasteiger partial charge in [-0.2, -0.15) is 0 Å². The normalized spacial score (nSPS) is 26.4. The minimum atomic E-state index is 0.394. The van der Waals surface area contributed by atoms with Crippen molar-refractivity contribution in [3.63, 3.8) is 0 Å². The van der Waals surface area contributed by atoms with Crippen LogP contribution >= 0.6 is 0 Å². The third-order valence-electron chi connectivity index (χ3n) is 2.92. The Hall–Kier alpha value is -0.770. The minimum Gasteiger partial charge on any atom is -0.378 e. The van der Waals surface area contributed by atoms with Crippen molar-refractivity contribution in [3.05, 3.63) is 0 Å². The Balaban J connectivity index is 2.25. The van der Waals surface area contributed by atoms with E-state index in [4.69, 9.17) is 10.5 Å². The molecular weight excluding hydrogens is 202 g/mol. The van der Waals surface area contributed by atoms with E-state index >= 15 is 0 Å². The van der Waals surface area contributed by atoms with Crippen LogP contribution in [0.1, 0.15) is 33.6 Å². The lowest BCUT2D eigenvalue weighted by atomic mass is 10.00. The molecule has 1 saturated heterocycles. The second-order valence-electron chi connectivity index (χ2n) is 4.87. The lowest BCUT2D eigenvalue weighted by molar-refractivity contribution is 0.0883. The maximum Gasteiger partial charge on any atom is 0.188 e. The molecule has 0 spiro atoms. The zero-order valence-corrected chi connectivity index (χ0v) is 10.7. The fourth-order valence-electron chi connectivity index (χ4n) is 1.95. The SMILES string of the molecule is CCC1OCCC1CNC(N)=NCC(C)C. The summed E-state index contributed by atoms with van der Waals surface area (Å²) in [7, 11) is 0. The second-order valence-corrected chi connectivity index (χ2v) is 4.87. The molecule has 0 radical (unpaired) electrons. The maximum absolute atomic E-state index is 5.79. The first-order valence-corrected chi connectivity index (χ1v) is 6.28. The van der Waals surface area contributed by atoms with Crippen LogP contribution in [0.3, 0.4) is 0 Å². The van der Waals surface area contributed by atoms with Gasteiger partial charge in [-0.05, 0) is 18.8 Å². The van der Waals surface area contributed by atoms with Gasteiger partial charge in [-0.25, -0.2) is 0 Å². The second kappa shape index (κ2) is 6.74. The molecule has 94 valence electrons. The number of ether oxygens (including phenoxy) is 1. The average molecular weight is 227 g/mol. The quantitative estimate of drug-likeness (QED) is 0.551.